The molecule has 0 radical (unpaired) electrons. The first-order valence-electron chi connectivity index (χ1n) is 11.2. The molecule has 0 saturated carbocycles. The molecule has 2 aliphatic heterocycles. The van der Waals surface area contributed by atoms with Crippen molar-refractivity contribution < 1.29 is 23.4 Å². The molecule has 2 atom stereocenters. The number of aryl methyl sites for hydroxylation is 2. The maximum absolute atomic E-state index is 13.7. The van der Waals surface area contributed by atoms with Crippen molar-refractivity contribution in [2.75, 3.05) is 27.4 Å². The Morgan fingerprint density at radius 3 is 2.48 bits per heavy atom. The molecule has 1 fully saturated rings. The molecule has 1 amide bonds. The van der Waals surface area contributed by atoms with Crippen LogP contribution in [0.5, 0.6) is 11.5 Å². The van der Waals surface area contributed by atoms with Crippen LogP contribution in [0.2, 0.25) is 0 Å². The van der Waals surface area contributed by atoms with E-state index >= 15 is 0 Å². The third-order valence-corrected chi connectivity index (χ3v) is 6.73. The predicted molar refractivity (Wildman–Crippen MR) is 123 cm³/mol. The average Bonchev–Trinajstić information content (AvgIpc) is 3.42. The highest BCUT2D eigenvalue weighted by atomic mass is 16.5. The number of carbonyl (C=O) groups excluding carboxylic acids is 1. The first-order valence-corrected chi connectivity index (χ1v) is 11.2. The van der Waals surface area contributed by atoms with Gasteiger partial charge in [-0.3, -0.25) is 9.59 Å². The lowest BCUT2D eigenvalue weighted by Crippen LogP contribution is -2.36. The van der Waals surface area contributed by atoms with Gasteiger partial charge >= 0.3 is 0 Å². The van der Waals surface area contributed by atoms with E-state index in [1.165, 1.54) is 0 Å². The average molecular weight is 450 g/mol. The van der Waals surface area contributed by atoms with Crippen LogP contribution in [0.25, 0.3) is 11.0 Å². The Morgan fingerprint density at radius 2 is 1.79 bits per heavy atom. The highest BCUT2D eigenvalue weighted by molar-refractivity contribution is 5.99. The van der Waals surface area contributed by atoms with Gasteiger partial charge in [0.25, 0.3) is 5.91 Å². The monoisotopic (exact) mass is 449 g/mol. The number of ether oxygens (including phenoxy) is 3. The fourth-order valence-electron chi connectivity index (χ4n) is 4.84. The fourth-order valence-corrected chi connectivity index (χ4v) is 4.84. The number of rotatable bonds is 5. The summed E-state index contributed by atoms with van der Waals surface area (Å²) < 4.78 is 22.8. The van der Waals surface area contributed by atoms with Crippen molar-refractivity contribution in [1.82, 2.24) is 4.90 Å². The van der Waals surface area contributed by atoms with Gasteiger partial charge in [0.2, 0.25) is 5.76 Å². The van der Waals surface area contributed by atoms with Crippen LogP contribution in [-0.2, 0) is 4.74 Å². The van der Waals surface area contributed by atoms with Crippen molar-refractivity contribution >= 4 is 16.9 Å². The van der Waals surface area contributed by atoms with Crippen molar-refractivity contribution in [2.45, 2.75) is 38.8 Å². The molecule has 0 bridgehead atoms. The lowest BCUT2D eigenvalue weighted by Gasteiger charge is -2.27. The van der Waals surface area contributed by atoms with Gasteiger partial charge in [0, 0.05) is 13.2 Å². The molecule has 0 N–H and O–H groups in total. The number of amides is 1. The van der Waals surface area contributed by atoms with Crippen LogP contribution in [0.15, 0.2) is 39.5 Å². The van der Waals surface area contributed by atoms with E-state index in [4.69, 9.17) is 18.6 Å². The zero-order valence-corrected chi connectivity index (χ0v) is 19.3. The minimum atomic E-state index is -0.598. The van der Waals surface area contributed by atoms with Gasteiger partial charge in [-0.1, -0.05) is 6.07 Å². The third-order valence-electron chi connectivity index (χ3n) is 6.73. The molecule has 2 aromatic carbocycles. The largest absolute Gasteiger partial charge is 0.493 e. The molecular weight excluding hydrogens is 422 g/mol. The molecule has 0 spiro atoms. The molecule has 1 aromatic heterocycles. The van der Waals surface area contributed by atoms with Gasteiger partial charge in [-0.05, 0) is 67.6 Å². The van der Waals surface area contributed by atoms with Crippen LogP contribution >= 0.6 is 0 Å². The van der Waals surface area contributed by atoms with Crippen LogP contribution in [-0.4, -0.2) is 44.3 Å². The van der Waals surface area contributed by atoms with Gasteiger partial charge in [-0.15, -0.1) is 0 Å². The maximum Gasteiger partial charge on any atom is 0.291 e. The number of methoxy groups -OCH3 is 2. The standard InChI is InChI=1S/C26H27NO6/c1-14-10-18-20(11-15(14)2)33-25-22(24(18)28)23(16-7-8-19(30-3)21(12-16)31-4)27(26(25)29)13-17-6-5-9-32-17/h7-8,10-12,17,23H,5-6,9,13H2,1-4H3/t17-,23-/m0/s1. The first-order chi connectivity index (χ1) is 15.9. The minimum absolute atomic E-state index is 0.0695. The van der Waals surface area contributed by atoms with E-state index in [1.807, 2.05) is 38.1 Å². The van der Waals surface area contributed by atoms with E-state index in [2.05, 4.69) is 0 Å². The molecule has 2 aliphatic rings. The molecule has 1 saturated heterocycles. The van der Waals surface area contributed by atoms with Crippen LogP contribution in [0, 0.1) is 13.8 Å². The molecule has 172 valence electrons. The summed E-state index contributed by atoms with van der Waals surface area (Å²) in [6.45, 7) is 4.98. The zero-order valence-electron chi connectivity index (χ0n) is 19.3. The van der Waals surface area contributed by atoms with Crippen molar-refractivity contribution in [1.29, 1.82) is 0 Å². The second-order valence-corrected chi connectivity index (χ2v) is 8.72. The van der Waals surface area contributed by atoms with Crippen LogP contribution in [0.1, 0.15) is 51.7 Å². The van der Waals surface area contributed by atoms with E-state index in [0.29, 0.717) is 41.2 Å². The number of nitrogens with zero attached hydrogens (tertiary/aromatic N) is 1. The van der Waals surface area contributed by atoms with Crippen LogP contribution in [0.4, 0.5) is 0 Å². The Morgan fingerprint density at radius 1 is 1.03 bits per heavy atom. The van der Waals surface area contributed by atoms with E-state index in [9.17, 15) is 9.59 Å². The molecule has 3 heterocycles. The summed E-state index contributed by atoms with van der Waals surface area (Å²) in [6.07, 6.45) is 1.76. The van der Waals surface area contributed by atoms with E-state index in [-0.39, 0.29) is 23.2 Å². The van der Waals surface area contributed by atoms with Gasteiger partial charge < -0.3 is 23.5 Å². The van der Waals surface area contributed by atoms with Gasteiger partial charge in [0.15, 0.2) is 16.9 Å². The Kier molecular flexibility index (Phi) is 5.37. The van der Waals surface area contributed by atoms with Gasteiger partial charge in [-0.25, -0.2) is 0 Å². The molecule has 3 aromatic rings. The summed E-state index contributed by atoms with van der Waals surface area (Å²) in [5, 5.41) is 0.481. The van der Waals surface area contributed by atoms with Crippen molar-refractivity contribution in [3.8, 4) is 11.5 Å². The smallest absolute Gasteiger partial charge is 0.291 e. The molecule has 0 aliphatic carbocycles. The lowest BCUT2D eigenvalue weighted by molar-refractivity contribution is 0.0486. The Labute approximate surface area is 191 Å². The number of hydrogen-bond donors (Lipinski definition) is 0. The first kappa shape index (κ1) is 21.5. The number of carbonyl (C=O) groups is 1. The molecular formula is C26H27NO6. The molecule has 5 rings (SSSR count). The second kappa shape index (κ2) is 8.23. The second-order valence-electron chi connectivity index (χ2n) is 8.72. The van der Waals surface area contributed by atoms with Gasteiger partial charge in [0.1, 0.15) is 5.58 Å². The van der Waals surface area contributed by atoms with E-state index in [0.717, 1.165) is 29.5 Å². The van der Waals surface area contributed by atoms with Crippen molar-refractivity contribution in [3.63, 3.8) is 0 Å². The zero-order chi connectivity index (χ0) is 23.3. The number of benzene rings is 2. The number of hydrogen-bond acceptors (Lipinski definition) is 6. The van der Waals surface area contributed by atoms with E-state index < -0.39 is 6.04 Å². The van der Waals surface area contributed by atoms with E-state index in [1.54, 1.807) is 25.2 Å². The van der Waals surface area contributed by atoms with Gasteiger partial charge in [-0.2, -0.15) is 0 Å². The molecule has 7 nitrogen and oxygen atoms in total. The highest BCUT2D eigenvalue weighted by Crippen LogP contribution is 2.41. The normalized spacial score (nSPS) is 19.9. The summed E-state index contributed by atoms with van der Waals surface area (Å²) in [5.74, 6) is 0.920. The predicted octanol–water partition coefficient (Wildman–Crippen LogP) is 4.15. The third kappa shape index (κ3) is 3.47. The highest BCUT2D eigenvalue weighted by Gasteiger charge is 2.44. The van der Waals surface area contributed by atoms with Crippen LogP contribution < -0.4 is 14.9 Å². The summed E-state index contributed by atoms with van der Waals surface area (Å²) in [4.78, 5) is 29.0. The van der Waals surface area contributed by atoms with Crippen molar-refractivity contribution in [3.05, 3.63) is 68.6 Å². The Bertz CT molecular complexity index is 1300. The Balaban J connectivity index is 1.72. The van der Waals surface area contributed by atoms with Crippen molar-refractivity contribution in [2.24, 2.45) is 0 Å². The fraction of sp³-hybridized carbons (Fsp3) is 0.385. The SMILES string of the molecule is COc1ccc([C@H]2c3c(oc4cc(C)c(C)cc4c3=O)C(=O)N2C[C@@H]2CCCO2)cc1OC. The number of fused-ring (bicyclic) bond motifs is 2. The lowest BCUT2D eigenvalue weighted by atomic mass is 9.97. The van der Waals surface area contributed by atoms with Crippen LogP contribution in [0.3, 0.4) is 0 Å². The maximum atomic E-state index is 13.7. The summed E-state index contributed by atoms with van der Waals surface area (Å²) in [7, 11) is 3.13. The quantitative estimate of drug-likeness (QED) is 0.582. The summed E-state index contributed by atoms with van der Waals surface area (Å²) >= 11 is 0. The summed E-state index contributed by atoms with van der Waals surface area (Å²) in [6, 6.07) is 8.54. The van der Waals surface area contributed by atoms with Gasteiger partial charge in [0.05, 0.1) is 37.3 Å². The molecule has 33 heavy (non-hydrogen) atoms. The minimum Gasteiger partial charge on any atom is -0.493 e. The topological polar surface area (TPSA) is 78.2 Å². The molecule has 0 unspecified atom stereocenters. The Hall–Kier alpha value is -3.32. The summed E-state index contributed by atoms with van der Waals surface area (Å²) in [5.41, 5.74) is 3.37. The molecule has 7 heteroatoms.